The second-order valence-electron chi connectivity index (χ2n) is 1.55. The highest BCUT2D eigenvalue weighted by molar-refractivity contribution is 6.43. The van der Waals surface area contributed by atoms with Crippen molar-refractivity contribution in [2.24, 2.45) is 0 Å². The van der Waals surface area contributed by atoms with E-state index in [2.05, 4.69) is 9.47 Å². The quantitative estimate of drug-likeness (QED) is 0.476. The molecule has 5 heteroatoms. The van der Waals surface area contributed by atoms with Crippen LogP contribution in [0, 0.1) is 0 Å². The van der Waals surface area contributed by atoms with Gasteiger partial charge in [-0.15, -0.1) is 0 Å². The summed E-state index contributed by atoms with van der Waals surface area (Å²) in [5, 5.41) is -1.02. The molecule has 10 heavy (non-hydrogen) atoms. The molecule has 0 radical (unpaired) electrons. The molecule has 0 N–H and O–H groups in total. The summed E-state index contributed by atoms with van der Waals surface area (Å²) in [5.74, 6) is -0.443. The molecule has 3 nitrogen and oxygen atoms in total. The van der Waals surface area contributed by atoms with Gasteiger partial charge < -0.3 is 9.47 Å². The van der Waals surface area contributed by atoms with E-state index in [0.717, 1.165) is 0 Å². The van der Waals surface area contributed by atoms with Crippen LogP contribution in [0.15, 0.2) is 11.8 Å². The Bertz CT molecular complexity index is 176. The van der Waals surface area contributed by atoms with Crippen LogP contribution in [0.4, 0.5) is 0 Å². The zero-order chi connectivity index (χ0) is 7.56. The topological polar surface area (TPSA) is 35.5 Å². The molecule has 0 bridgehead atoms. The van der Waals surface area contributed by atoms with Crippen molar-refractivity contribution in [3.05, 3.63) is 11.8 Å². The van der Waals surface area contributed by atoms with Gasteiger partial charge in [0, 0.05) is 6.08 Å². The molecule has 0 aliphatic carbocycles. The number of ether oxygens (including phenoxy) is 2. The molecule has 1 heterocycles. The summed E-state index contributed by atoms with van der Waals surface area (Å²) in [7, 11) is 0. The average molecular weight is 183 g/mol. The van der Waals surface area contributed by atoms with E-state index in [9.17, 15) is 4.79 Å². The largest absolute Gasteiger partial charge is 0.455 e. The van der Waals surface area contributed by atoms with Crippen LogP contribution < -0.4 is 0 Å². The summed E-state index contributed by atoms with van der Waals surface area (Å²) in [6.07, 6.45) is 1.47. The second-order valence-corrected chi connectivity index (χ2v) is 2.56. The summed E-state index contributed by atoms with van der Waals surface area (Å²) in [4.78, 5) is 10.6. The Hall–Kier alpha value is -0.410. The van der Waals surface area contributed by atoms with Gasteiger partial charge in [-0.25, -0.2) is 4.79 Å². The summed E-state index contributed by atoms with van der Waals surface area (Å²) >= 11 is 10.4. The minimum atomic E-state index is -1.02. The van der Waals surface area contributed by atoms with Crippen LogP contribution in [-0.2, 0) is 14.3 Å². The van der Waals surface area contributed by atoms with Crippen molar-refractivity contribution >= 4 is 29.2 Å². The van der Waals surface area contributed by atoms with Crippen molar-refractivity contribution in [3.63, 3.8) is 0 Å². The molecule has 1 rings (SSSR count). The van der Waals surface area contributed by atoms with Crippen LogP contribution >= 0.6 is 23.2 Å². The number of hydrogen-bond acceptors (Lipinski definition) is 3. The van der Waals surface area contributed by atoms with E-state index in [1.807, 2.05) is 0 Å². The van der Waals surface area contributed by atoms with Crippen LogP contribution in [0.2, 0.25) is 0 Å². The second kappa shape index (κ2) is 3.12. The standard InChI is InChI=1S/C5H4Cl2O3/c6-5(7)10-3-1-2-9-4(3)8/h1,5H,2H2. The highest BCUT2D eigenvalue weighted by Crippen LogP contribution is 2.14. The molecular formula is C5H4Cl2O3. The zero-order valence-corrected chi connectivity index (χ0v) is 6.35. The van der Waals surface area contributed by atoms with Crippen molar-refractivity contribution in [1.82, 2.24) is 0 Å². The fourth-order valence-corrected chi connectivity index (χ4v) is 0.732. The maximum Gasteiger partial charge on any atom is 0.373 e. The van der Waals surface area contributed by atoms with Crippen LogP contribution in [0.3, 0.4) is 0 Å². The van der Waals surface area contributed by atoms with Crippen LogP contribution in [-0.4, -0.2) is 17.6 Å². The molecule has 0 aromatic carbocycles. The van der Waals surface area contributed by atoms with Crippen molar-refractivity contribution in [2.75, 3.05) is 6.61 Å². The first-order valence-corrected chi connectivity index (χ1v) is 3.39. The van der Waals surface area contributed by atoms with E-state index in [1.54, 1.807) is 0 Å². The lowest BCUT2D eigenvalue weighted by Crippen LogP contribution is -2.05. The van der Waals surface area contributed by atoms with E-state index in [0.29, 0.717) is 0 Å². The smallest absolute Gasteiger partial charge is 0.373 e. The molecule has 0 spiro atoms. The molecular weight excluding hydrogens is 179 g/mol. The molecule has 0 atom stereocenters. The number of cyclic esters (lactones) is 1. The molecule has 0 fully saturated rings. The first-order chi connectivity index (χ1) is 4.70. The highest BCUT2D eigenvalue weighted by atomic mass is 35.5. The van der Waals surface area contributed by atoms with Gasteiger partial charge in [-0.3, -0.25) is 0 Å². The minimum Gasteiger partial charge on any atom is -0.455 e. The zero-order valence-electron chi connectivity index (χ0n) is 4.84. The van der Waals surface area contributed by atoms with Crippen LogP contribution in [0.1, 0.15) is 0 Å². The van der Waals surface area contributed by atoms with Gasteiger partial charge in [0.25, 0.3) is 0 Å². The third kappa shape index (κ3) is 1.78. The predicted molar refractivity (Wildman–Crippen MR) is 35.6 cm³/mol. The van der Waals surface area contributed by atoms with Crippen LogP contribution in [0.25, 0.3) is 0 Å². The van der Waals surface area contributed by atoms with Gasteiger partial charge in [0.15, 0.2) is 0 Å². The van der Waals surface area contributed by atoms with E-state index in [4.69, 9.17) is 23.2 Å². The molecule has 0 aromatic heterocycles. The number of carbonyl (C=O) groups excluding carboxylic acids is 1. The average Bonchev–Trinajstić information content (AvgIpc) is 2.15. The molecule has 1 aliphatic heterocycles. The third-order valence-electron chi connectivity index (χ3n) is 0.900. The van der Waals surface area contributed by atoms with Crippen molar-refractivity contribution in [2.45, 2.75) is 5.02 Å². The monoisotopic (exact) mass is 182 g/mol. The van der Waals surface area contributed by atoms with E-state index in [-0.39, 0.29) is 12.4 Å². The fourth-order valence-electron chi connectivity index (χ4n) is 0.540. The first-order valence-electron chi connectivity index (χ1n) is 2.52. The molecule has 56 valence electrons. The Morgan fingerprint density at radius 1 is 1.70 bits per heavy atom. The summed E-state index contributed by atoms with van der Waals surface area (Å²) < 4.78 is 9.13. The van der Waals surface area contributed by atoms with Crippen LogP contribution in [0.5, 0.6) is 0 Å². The Labute approximate surface area is 67.5 Å². The van der Waals surface area contributed by atoms with Gasteiger partial charge in [0.05, 0.1) is 0 Å². The van der Waals surface area contributed by atoms with Gasteiger partial charge in [0.2, 0.25) is 10.8 Å². The Morgan fingerprint density at radius 2 is 2.40 bits per heavy atom. The molecule has 0 saturated carbocycles. The number of hydrogen-bond donors (Lipinski definition) is 0. The summed E-state index contributed by atoms with van der Waals surface area (Å²) in [6.45, 7) is 0.231. The number of esters is 1. The Morgan fingerprint density at radius 3 is 2.80 bits per heavy atom. The lowest BCUT2D eigenvalue weighted by Gasteiger charge is -2.02. The molecule has 1 aliphatic rings. The number of halogens is 2. The number of alkyl halides is 2. The maximum absolute atomic E-state index is 10.6. The summed E-state index contributed by atoms with van der Waals surface area (Å²) in [5.41, 5.74) is 0. The van der Waals surface area contributed by atoms with E-state index >= 15 is 0 Å². The Kier molecular flexibility index (Phi) is 2.40. The first kappa shape index (κ1) is 7.69. The van der Waals surface area contributed by atoms with E-state index in [1.165, 1.54) is 6.08 Å². The minimum absolute atomic E-state index is 0.0787. The fraction of sp³-hybridized carbons (Fsp3) is 0.400. The van der Waals surface area contributed by atoms with Gasteiger partial charge >= 0.3 is 5.97 Å². The van der Waals surface area contributed by atoms with E-state index < -0.39 is 11.0 Å². The van der Waals surface area contributed by atoms with Crippen molar-refractivity contribution < 1.29 is 14.3 Å². The highest BCUT2D eigenvalue weighted by Gasteiger charge is 2.19. The molecule has 0 saturated heterocycles. The number of rotatable bonds is 2. The van der Waals surface area contributed by atoms with Crippen molar-refractivity contribution in [3.8, 4) is 0 Å². The van der Waals surface area contributed by atoms with Gasteiger partial charge in [-0.05, 0) is 0 Å². The van der Waals surface area contributed by atoms with Gasteiger partial charge in [-0.2, -0.15) is 0 Å². The lowest BCUT2D eigenvalue weighted by molar-refractivity contribution is -0.139. The normalized spacial score (nSPS) is 17.1. The molecule has 0 amide bonds. The number of carbonyl (C=O) groups is 1. The predicted octanol–water partition coefficient (Wildman–Crippen LogP) is 1.20. The van der Waals surface area contributed by atoms with Crippen molar-refractivity contribution in [1.29, 1.82) is 0 Å². The lowest BCUT2D eigenvalue weighted by atomic mass is 10.5. The summed E-state index contributed by atoms with van der Waals surface area (Å²) in [6, 6.07) is 0. The maximum atomic E-state index is 10.6. The van der Waals surface area contributed by atoms with Gasteiger partial charge in [-0.1, -0.05) is 23.2 Å². The SMILES string of the molecule is O=C1OCC=C1OC(Cl)Cl. The molecule has 0 unspecified atom stereocenters. The third-order valence-corrected chi connectivity index (χ3v) is 1.08. The van der Waals surface area contributed by atoms with Gasteiger partial charge in [0.1, 0.15) is 6.61 Å². The molecule has 0 aromatic rings. The Balaban J connectivity index is 2.48.